The van der Waals surface area contributed by atoms with Crippen LogP contribution in [-0.2, 0) is 9.53 Å². The van der Waals surface area contributed by atoms with Crippen LogP contribution in [0.25, 0.3) is 0 Å². The quantitative estimate of drug-likeness (QED) is 0.709. The number of ether oxygens (including phenoxy) is 3. The molecule has 0 aliphatic rings. The number of methoxy groups -OCH3 is 1. The summed E-state index contributed by atoms with van der Waals surface area (Å²) < 4.78 is 15.8. The maximum absolute atomic E-state index is 11.8. The second-order valence-corrected chi connectivity index (χ2v) is 4.94. The summed E-state index contributed by atoms with van der Waals surface area (Å²) in [5, 5.41) is 3.19. The van der Waals surface area contributed by atoms with E-state index in [1.165, 1.54) is 0 Å². The van der Waals surface area contributed by atoms with Crippen molar-refractivity contribution in [1.29, 1.82) is 0 Å². The van der Waals surface area contributed by atoms with E-state index in [9.17, 15) is 4.79 Å². The maximum Gasteiger partial charge on any atom is 0.323 e. The molecular formula is C16H25NO4. The topological polar surface area (TPSA) is 56.8 Å². The molecule has 5 nitrogen and oxygen atoms in total. The fourth-order valence-corrected chi connectivity index (χ4v) is 1.88. The van der Waals surface area contributed by atoms with E-state index in [4.69, 9.17) is 14.2 Å². The molecular weight excluding hydrogens is 270 g/mol. The van der Waals surface area contributed by atoms with Crippen molar-refractivity contribution in [2.24, 2.45) is 0 Å². The average Bonchev–Trinajstić information content (AvgIpc) is 2.46. The molecule has 1 N–H and O–H groups in total. The van der Waals surface area contributed by atoms with Gasteiger partial charge in [0.15, 0.2) is 0 Å². The van der Waals surface area contributed by atoms with Crippen molar-refractivity contribution >= 4 is 5.97 Å². The second kappa shape index (κ2) is 9.23. The van der Waals surface area contributed by atoms with Gasteiger partial charge >= 0.3 is 5.97 Å². The van der Waals surface area contributed by atoms with E-state index < -0.39 is 0 Å². The largest absolute Gasteiger partial charge is 0.497 e. The standard InChI is InChI=1S/C16H25NO4/c1-5-20-16(18)15(17-12(2)3)10-11-21-14-8-6-13(19-4)7-9-14/h6-9,12,15,17H,5,10-11H2,1-4H3. The van der Waals surface area contributed by atoms with Crippen molar-refractivity contribution in [2.45, 2.75) is 39.3 Å². The van der Waals surface area contributed by atoms with Crippen LogP contribution in [0.2, 0.25) is 0 Å². The molecule has 0 spiro atoms. The van der Waals surface area contributed by atoms with Crippen molar-refractivity contribution in [3.05, 3.63) is 24.3 Å². The third-order valence-corrected chi connectivity index (χ3v) is 2.84. The number of carbonyl (C=O) groups is 1. The predicted molar refractivity (Wildman–Crippen MR) is 81.8 cm³/mol. The SMILES string of the molecule is CCOC(=O)C(CCOc1ccc(OC)cc1)NC(C)C. The molecule has 0 heterocycles. The lowest BCUT2D eigenvalue weighted by atomic mass is 10.2. The van der Waals surface area contributed by atoms with E-state index in [2.05, 4.69) is 5.32 Å². The van der Waals surface area contributed by atoms with Gasteiger partial charge in [-0.25, -0.2) is 0 Å². The second-order valence-electron chi connectivity index (χ2n) is 4.94. The van der Waals surface area contributed by atoms with E-state index in [0.717, 1.165) is 11.5 Å². The summed E-state index contributed by atoms with van der Waals surface area (Å²) in [4.78, 5) is 11.8. The fraction of sp³-hybridized carbons (Fsp3) is 0.562. The van der Waals surface area contributed by atoms with E-state index in [-0.39, 0.29) is 18.1 Å². The van der Waals surface area contributed by atoms with E-state index in [1.807, 2.05) is 38.1 Å². The fourth-order valence-electron chi connectivity index (χ4n) is 1.88. The van der Waals surface area contributed by atoms with Gasteiger partial charge < -0.3 is 19.5 Å². The lowest BCUT2D eigenvalue weighted by Gasteiger charge is -2.19. The monoisotopic (exact) mass is 295 g/mol. The Morgan fingerprint density at radius 3 is 2.33 bits per heavy atom. The molecule has 1 aromatic rings. The Kier molecular flexibility index (Phi) is 7.61. The Labute approximate surface area is 126 Å². The zero-order valence-electron chi connectivity index (χ0n) is 13.2. The Bertz CT molecular complexity index is 417. The Balaban J connectivity index is 2.46. The van der Waals surface area contributed by atoms with Gasteiger partial charge in [0, 0.05) is 12.5 Å². The minimum Gasteiger partial charge on any atom is -0.497 e. The van der Waals surface area contributed by atoms with Crippen molar-refractivity contribution in [3.63, 3.8) is 0 Å². The molecule has 1 aromatic carbocycles. The van der Waals surface area contributed by atoms with E-state index in [1.54, 1.807) is 14.0 Å². The number of benzene rings is 1. The Morgan fingerprint density at radius 1 is 1.19 bits per heavy atom. The molecule has 1 unspecified atom stereocenters. The zero-order valence-corrected chi connectivity index (χ0v) is 13.2. The van der Waals surface area contributed by atoms with Crippen LogP contribution in [0.1, 0.15) is 27.2 Å². The first kappa shape index (κ1) is 17.3. The van der Waals surface area contributed by atoms with Gasteiger partial charge in [-0.3, -0.25) is 4.79 Å². The molecule has 0 aromatic heterocycles. The molecule has 0 bridgehead atoms. The van der Waals surface area contributed by atoms with Gasteiger partial charge in [-0.1, -0.05) is 13.8 Å². The van der Waals surface area contributed by atoms with Crippen LogP contribution in [-0.4, -0.2) is 38.4 Å². The molecule has 0 saturated carbocycles. The van der Waals surface area contributed by atoms with Crippen LogP contribution in [0.15, 0.2) is 24.3 Å². The van der Waals surface area contributed by atoms with Gasteiger partial charge in [0.2, 0.25) is 0 Å². The van der Waals surface area contributed by atoms with Crippen molar-refractivity contribution in [3.8, 4) is 11.5 Å². The summed E-state index contributed by atoms with van der Waals surface area (Å²) in [5.41, 5.74) is 0. The van der Waals surface area contributed by atoms with Crippen LogP contribution in [0, 0.1) is 0 Å². The van der Waals surface area contributed by atoms with E-state index >= 15 is 0 Å². The summed E-state index contributed by atoms with van der Waals surface area (Å²) in [7, 11) is 1.62. The molecule has 0 saturated heterocycles. The number of hydrogen-bond donors (Lipinski definition) is 1. The highest BCUT2D eigenvalue weighted by atomic mass is 16.5. The number of hydrogen-bond acceptors (Lipinski definition) is 5. The molecule has 5 heteroatoms. The third kappa shape index (κ3) is 6.49. The Hall–Kier alpha value is -1.75. The third-order valence-electron chi connectivity index (χ3n) is 2.84. The van der Waals surface area contributed by atoms with Crippen molar-refractivity contribution in [1.82, 2.24) is 5.32 Å². The highest BCUT2D eigenvalue weighted by molar-refractivity contribution is 5.75. The molecule has 118 valence electrons. The van der Waals surface area contributed by atoms with Gasteiger partial charge in [0.1, 0.15) is 17.5 Å². The molecule has 0 radical (unpaired) electrons. The summed E-state index contributed by atoms with van der Waals surface area (Å²) in [6.45, 7) is 6.62. The summed E-state index contributed by atoms with van der Waals surface area (Å²) in [5.74, 6) is 1.31. The first-order valence-electron chi connectivity index (χ1n) is 7.26. The van der Waals surface area contributed by atoms with E-state index in [0.29, 0.717) is 19.6 Å². The zero-order chi connectivity index (χ0) is 15.7. The summed E-state index contributed by atoms with van der Waals surface area (Å²) >= 11 is 0. The van der Waals surface area contributed by atoms with Gasteiger partial charge in [-0.2, -0.15) is 0 Å². The minimum atomic E-state index is -0.344. The lowest BCUT2D eigenvalue weighted by molar-refractivity contribution is -0.146. The molecule has 0 aliphatic heterocycles. The Morgan fingerprint density at radius 2 is 1.81 bits per heavy atom. The molecule has 0 fully saturated rings. The van der Waals surface area contributed by atoms with Crippen LogP contribution in [0.4, 0.5) is 0 Å². The minimum absolute atomic E-state index is 0.209. The van der Waals surface area contributed by atoms with Gasteiger partial charge in [0.05, 0.1) is 20.3 Å². The number of nitrogens with one attached hydrogen (secondary N) is 1. The average molecular weight is 295 g/mol. The molecule has 1 rings (SSSR count). The molecule has 1 atom stereocenters. The molecule has 21 heavy (non-hydrogen) atoms. The summed E-state index contributed by atoms with van der Waals surface area (Å²) in [6.07, 6.45) is 0.559. The van der Waals surface area contributed by atoms with Gasteiger partial charge in [0.25, 0.3) is 0 Å². The van der Waals surface area contributed by atoms with Crippen molar-refractivity contribution < 1.29 is 19.0 Å². The first-order valence-corrected chi connectivity index (χ1v) is 7.26. The van der Waals surface area contributed by atoms with Gasteiger partial charge in [-0.15, -0.1) is 0 Å². The van der Waals surface area contributed by atoms with Crippen LogP contribution >= 0.6 is 0 Å². The number of carbonyl (C=O) groups excluding carboxylic acids is 1. The number of esters is 1. The highest BCUT2D eigenvalue weighted by Crippen LogP contribution is 2.17. The molecule has 0 amide bonds. The van der Waals surface area contributed by atoms with Crippen LogP contribution in [0.5, 0.6) is 11.5 Å². The van der Waals surface area contributed by atoms with Crippen LogP contribution in [0.3, 0.4) is 0 Å². The summed E-state index contributed by atoms with van der Waals surface area (Å²) in [6, 6.07) is 7.22. The normalized spacial score (nSPS) is 12.0. The highest BCUT2D eigenvalue weighted by Gasteiger charge is 2.20. The molecule has 0 aliphatic carbocycles. The first-order chi connectivity index (χ1) is 10.1. The van der Waals surface area contributed by atoms with Crippen LogP contribution < -0.4 is 14.8 Å². The lowest BCUT2D eigenvalue weighted by Crippen LogP contribution is -2.42. The smallest absolute Gasteiger partial charge is 0.323 e. The van der Waals surface area contributed by atoms with Gasteiger partial charge in [-0.05, 0) is 31.2 Å². The van der Waals surface area contributed by atoms with Crippen molar-refractivity contribution in [2.75, 3.05) is 20.3 Å². The number of rotatable bonds is 9. The predicted octanol–water partition coefficient (Wildman–Crippen LogP) is 2.39. The maximum atomic E-state index is 11.8.